The van der Waals surface area contributed by atoms with E-state index in [4.69, 9.17) is 0 Å². The summed E-state index contributed by atoms with van der Waals surface area (Å²) in [7, 11) is 0. The van der Waals surface area contributed by atoms with Crippen molar-refractivity contribution in [3.8, 4) is 32.8 Å². The summed E-state index contributed by atoms with van der Waals surface area (Å²) in [5, 5.41) is 10.1. The number of benzene rings is 3. The number of aromatic nitrogens is 2. The summed E-state index contributed by atoms with van der Waals surface area (Å²) in [6.45, 7) is 18.4. The molecule has 255 valence electrons. The molecule has 4 nitrogen and oxygen atoms in total. The van der Waals surface area contributed by atoms with Gasteiger partial charge in [0, 0.05) is 52.3 Å². The van der Waals surface area contributed by atoms with Crippen LogP contribution < -0.4 is 0 Å². The summed E-state index contributed by atoms with van der Waals surface area (Å²) in [6, 6.07) is 27.0. The number of hydrogen-bond acceptors (Lipinski definition) is 5. The second-order valence-electron chi connectivity index (χ2n) is 13.1. The maximum atomic E-state index is 12.2. The Balaban J connectivity index is 0.000000301. The van der Waals surface area contributed by atoms with Crippen LogP contribution in [-0.4, -0.2) is 20.9 Å². The van der Waals surface area contributed by atoms with Crippen molar-refractivity contribution in [2.24, 2.45) is 10.8 Å². The molecule has 0 saturated carbocycles. The third kappa shape index (κ3) is 8.58. The first-order valence-corrected chi connectivity index (χ1v) is 17.6. The Morgan fingerprint density at radius 1 is 0.812 bits per heavy atom. The van der Waals surface area contributed by atoms with Crippen LogP contribution in [-0.2, 0) is 24.9 Å². The third-order valence-corrected chi connectivity index (χ3v) is 11.3. The van der Waals surface area contributed by atoms with E-state index in [9.17, 15) is 9.90 Å². The van der Waals surface area contributed by atoms with Gasteiger partial charge in [0.25, 0.3) is 0 Å². The predicted octanol–water partition coefficient (Wildman–Crippen LogP) is 12.1. The zero-order chi connectivity index (χ0) is 34.4. The molecule has 2 aromatic heterocycles. The van der Waals surface area contributed by atoms with Gasteiger partial charge >= 0.3 is 0 Å². The van der Waals surface area contributed by atoms with Crippen molar-refractivity contribution in [1.82, 2.24) is 9.97 Å². The number of carbonyl (C=O) groups excluding carboxylic acids is 1. The summed E-state index contributed by atoms with van der Waals surface area (Å²) < 4.78 is 1.12. The number of carbonyl (C=O) groups is 1. The molecule has 0 spiro atoms. The molecule has 6 heteroatoms. The van der Waals surface area contributed by atoms with Crippen LogP contribution in [0.15, 0.2) is 84.9 Å². The van der Waals surface area contributed by atoms with Crippen LogP contribution in [0.2, 0.25) is 0 Å². The van der Waals surface area contributed by atoms with Crippen molar-refractivity contribution in [1.29, 1.82) is 0 Å². The van der Waals surface area contributed by atoms with E-state index < -0.39 is 0 Å². The molecule has 1 N–H and O–H groups in total. The van der Waals surface area contributed by atoms with Crippen molar-refractivity contribution in [2.75, 3.05) is 0 Å². The maximum absolute atomic E-state index is 12.2. The van der Waals surface area contributed by atoms with Crippen LogP contribution >= 0.6 is 11.3 Å². The number of aryl methyl sites for hydroxylation is 3. The van der Waals surface area contributed by atoms with Crippen molar-refractivity contribution in [2.45, 2.75) is 88.0 Å². The molecule has 0 bridgehead atoms. The molecule has 3 aromatic carbocycles. The monoisotopic (exact) mass is 838 g/mol. The Kier molecular flexibility index (Phi) is 13.6. The molecular weight excluding hydrogens is 789 g/mol. The van der Waals surface area contributed by atoms with E-state index in [1.807, 2.05) is 47.6 Å². The van der Waals surface area contributed by atoms with Crippen LogP contribution in [0.4, 0.5) is 0 Å². The average molecular weight is 838 g/mol. The normalized spacial score (nSPS) is 11.9. The van der Waals surface area contributed by atoms with Gasteiger partial charge in [0.1, 0.15) is 12.1 Å². The quantitative estimate of drug-likeness (QED) is 0.0864. The minimum absolute atomic E-state index is 0. The molecule has 0 saturated heterocycles. The number of ketones is 1. The molecule has 5 aromatic rings. The Labute approximate surface area is 305 Å². The van der Waals surface area contributed by atoms with E-state index in [-0.39, 0.29) is 42.5 Å². The van der Waals surface area contributed by atoms with Crippen LogP contribution in [0.3, 0.4) is 0 Å². The fourth-order valence-corrected chi connectivity index (χ4v) is 6.91. The van der Waals surface area contributed by atoms with Crippen molar-refractivity contribution >= 4 is 27.3 Å². The smallest absolute Gasteiger partial charge is 0.164 e. The van der Waals surface area contributed by atoms with Crippen LogP contribution in [0.1, 0.15) is 83.9 Å². The molecule has 1 radical (unpaired) electrons. The molecule has 0 aliphatic carbocycles. The topological polar surface area (TPSA) is 63.1 Å². The molecule has 0 atom stereocenters. The molecule has 5 rings (SSSR count). The molecule has 0 aliphatic rings. The number of aliphatic hydroxyl groups is 1. The Hall–Kier alpha value is -3.44. The molecule has 0 fully saturated rings. The maximum Gasteiger partial charge on any atom is 0.164 e. The number of rotatable bonds is 10. The molecule has 0 amide bonds. The first-order chi connectivity index (χ1) is 22.4. The van der Waals surface area contributed by atoms with Gasteiger partial charge in [-0.05, 0) is 54.9 Å². The first-order valence-electron chi connectivity index (χ1n) is 16.8. The minimum Gasteiger partial charge on any atom is -0.512 e. The van der Waals surface area contributed by atoms with Crippen LogP contribution in [0.5, 0.6) is 0 Å². The van der Waals surface area contributed by atoms with Gasteiger partial charge in [0.05, 0.1) is 5.52 Å². The number of aliphatic hydroxyl groups excluding tert-OH is 1. The number of fused-ring (bicyclic) bond motifs is 1. The van der Waals surface area contributed by atoms with Crippen LogP contribution in [0, 0.1) is 37.7 Å². The van der Waals surface area contributed by atoms with Gasteiger partial charge in [-0.3, -0.25) is 9.78 Å². The summed E-state index contributed by atoms with van der Waals surface area (Å²) in [5.74, 6) is 0.286. The van der Waals surface area contributed by atoms with Gasteiger partial charge < -0.3 is 5.11 Å². The Bertz CT molecular complexity index is 1830. The zero-order valence-electron chi connectivity index (χ0n) is 29.8. The molecule has 0 unspecified atom stereocenters. The second-order valence-corrected chi connectivity index (χ2v) is 14.1. The van der Waals surface area contributed by atoms with Crippen molar-refractivity contribution in [3.63, 3.8) is 0 Å². The number of thiophene rings is 1. The van der Waals surface area contributed by atoms with Crippen molar-refractivity contribution in [3.05, 3.63) is 108 Å². The van der Waals surface area contributed by atoms with E-state index >= 15 is 0 Å². The van der Waals surface area contributed by atoms with Crippen molar-refractivity contribution < 1.29 is 30.0 Å². The fourth-order valence-electron chi connectivity index (χ4n) is 5.64. The van der Waals surface area contributed by atoms with Gasteiger partial charge in [-0.15, -0.1) is 46.2 Å². The van der Waals surface area contributed by atoms with E-state index in [1.165, 1.54) is 38.8 Å². The Morgan fingerprint density at radius 3 is 1.94 bits per heavy atom. The summed E-state index contributed by atoms with van der Waals surface area (Å²) >= 11 is 1.77. The van der Waals surface area contributed by atoms with E-state index in [2.05, 4.69) is 97.5 Å². The second kappa shape index (κ2) is 16.8. The van der Waals surface area contributed by atoms with Crippen LogP contribution in [0.25, 0.3) is 43.0 Å². The SMILES string of the molecule is CCC(C)(CC)C(=O)/C=C(\O)C(C)(CC)CC.Cc1[c-]c(-c2ncnc3c(C)c(-c4ccc(-c5ccccc5)cc4)sc23)cc(C)c1.[Ir]. The third-order valence-electron chi connectivity index (χ3n) is 9.96. The van der Waals surface area contributed by atoms with Gasteiger partial charge in [-0.25, -0.2) is 4.98 Å². The molecule has 0 aliphatic heterocycles. The van der Waals surface area contributed by atoms with E-state index in [1.54, 1.807) is 17.7 Å². The van der Waals surface area contributed by atoms with Gasteiger partial charge in [0.2, 0.25) is 0 Å². The van der Waals surface area contributed by atoms with Gasteiger partial charge in [-0.1, -0.05) is 110 Å². The number of allylic oxidation sites excluding steroid dienone is 2. The summed E-state index contributed by atoms with van der Waals surface area (Å²) in [4.78, 5) is 22.7. The predicted molar refractivity (Wildman–Crippen MR) is 200 cm³/mol. The molecular formula is C42H49IrN2O2S-. The first kappa shape index (κ1) is 39.0. The average Bonchev–Trinajstić information content (AvgIpc) is 3.43. The number of hydrogen-bond donors (Lipinski definition) is 1. The largest absolute Gasteiger partial charge is 0.512 e. The fraction of sp³-hybridized carbons (Fsp3) is 0.357. The number of nitrogens with zero attached hydrogens (tertiary/aromatic N) is 2. The summed E-state index contributed by atoms with van der Waals surface area (Å²) in [5.41, 5.74) is 9.65. The molecule has 48 heavy (non-hydrogen) atoms. The van der Waals surface area contributed by atoms with E-state index in [0.717, 1.165) is 52.7 Å². The standard InChI is InChI=1S/C27H21N2S.C15H28O2.Ir/c1-17-13-18(2)15-23(14-17)25-27-24(28-16-29-25)19(3)26(30-27)22-11-9-21(10-12-22)20-7-5-4-6-8-20;1-7-14(5,8-2)12(16)11-13(17)15(6,9-3)10-4;/h4-14,16H,1-3H3;11,16H,7-10H2,1-6H3;/q-1;;/b;12-11-;. The summed E-state index contributed by atoms with van der Waals surface area (Å²) in [6.07, 6.45) is 6.43. The zero-order valence-corrected chi connectivity index (χ0v) is 33.0. The Morgan fingerprint density at radius 2 is 1.38 bits per heavy atom. The molecule has 2 heterocycles. The van der Waals surface area contributed by atoms with E-state index in [0.29, 0.717) is 0 Å². The van der Waals surface area contributed by atoms with Gasteiger partial charge in [-0.2, -0.15) is 0 Å². The van der Waals surface area contributed by atoms with Gasteiger partial charge in [0.15, 0.2) is 5.78 Å². The minimum atomic E-state index is -0.337.